The van der Waals surface area contributed by atoms with Gasteiger partial charge >= 0.3 is 59.1 Å². The van der Waals surface area contributed by atoms with Crippen LogP contribution in [-0.4, -0.2) is 72.1 Å². The third-order valence-corrected chi connectivity index (χ3v) is 7.86. The van der Waals surface area contributed by atoms with Crippen LogP contribution in [0.25, 0.3) is 0 Å². The van der Waals surface area contributed by atoms with Gasteiger partial charge in [-0.1, -0.05) is 90.4 Å². The number of ether oxygens (including phenoxy) is 2. The molecule has 236 valence electrons. The molecule has 0 spiro atoms. The predicted octanol–water partition coefficient (Wildman–Crippen LogP) is -3.92. The van der Waals surface area contributed by atoms with Crippen molar-refractivity contribution in [2.24, 2.45) is 0 Å². The topological polar surface area (TPSA) is 187 Å². The molecule has 1 aliphatic rings. The van der Waals surface area contributed by atoms with E-state index >= 15 is 0 Å². The van der Waals surface area contributed by atoms with Gasteiger partial charge in [0.2, 0.25) is 5.91 Å². The number of hydrogen-bond acceptors (Lipinski definition) is 11. The van der Waals surface area contributed by atoms with E-state index in [1.54, 1.807) is 0 Å². The van der Waals surface area contributed by atoms with Gasteiger partial charge < -0.3 is 44.3 Å². The molecule has 0 aromatic carbocycles. The van der Waals surface area contributed by atoms with Gasteiger partial charge in [-0.25, -0.2) is 0 Å². The summed E-state index contributed by atoms with van der Waals surface area (Å²) in [5, 5.41) is 33.6. The second-order valence-electron chi connectivity index (χ2n) is 10.5. The van der Waals surface area contributed by atoms with Crippen LogP contribution in [0.5, 0.6) is 0 Å². The summed E-state index contributed by atoms with van der Waals surface area (Å²) in [6.45, 7) is 3.64. The molecule has 3 N–H and O–H groups in total. The number of aliphatic hydroxyl groups is 2. The Morgan fingerprint density at radius 3 is 1.86 bits per heavy atom. The van der Waals surface area contributed by atoms with E-state index in [4.69, 9.17) is 18.5 Å². The van der Waals surface area contributed by atoms with Gasteiger partial charge in [0.05, 0.1) is 25.3 Å². The Labute approximate surface area is 295 Å². The number of carbonyl (C=O) groups excluding carboxylic acids is 2. The van der Waals surface area contributed by atoms with Crippen LogP contribution in [0.1, 0.15) is 111 Å². The van der Waals surface area contributed by atoms with Crippen LogP contribution in [-0.2, 0) is 32.7 Å². The van der Waals surface area contributed by atoms with E-state index in [1.165, 1.54) is 57.8 Å². The molecule has 1 heterocycles. The van der Waals surface area contributed by atoms with E-state index in [1.807, 2.05) is 0 Å². The molecule has 15 heteroatoms. The van der Waals surface area contributed by atoms with E-state index in [0.717, 1.165) is 39.5 Å². The Bertz CT molecular complexity index is 768. The number of amides is 1. The fourth-order valence-electron chi connectivity index (χ4n) is 4.63. The maximum Gasteiger partial charge on any atom is 1.00 e. The van der Waals surface area contributed by atoms with Crippen molar-refractivity contribution in [1.82, 2.24) is 5.32 Å². The summed E-state index contributed by atoms with van der Waals surface area (Å²) >= 11 is 0. The first-order valence-corrected chi connectivity index (χ1v) is 16.2. The molecule has 12 nitrogen and oxygen atoms in total. The van der Waals surface area contributed by atoms with Gasteiger partial charge in [0.1, 0.15) is 24.4 Å². The molecule has 0 bridgehead atoms. The van der Waals surface area contributed by atoms with E-state index in [0.29, 0.717) is 6.42 Å². The Balaban J connectivity index is 0. The van der Waals surface area contributed by atoms with Gasteiger partial charge in [-0.15, -0.1) is 0 Å². The van der Waals surface area contributed by atoms with Crippen molar-refractivity contribution in [1.29, 1.82) is 0 Å². The molecule has 0 saturated carbocycles. The summed E-state index contributed by atoms with van der Waals surface area (Å²) in [4.78, 5) is 35.4. The smallest absolute Gasteiger partial charge is 0.756 e. The second-order valence-corrected chi connectivity index (χ2v) is 11.8. The molecule has 0 aromatic heterocycles. The molecule has 1 fully saturated rings. The summed E-state index contributed by atoms with van der Waals surface area (Å²) < 4.78 is 33.2. The largest absolute Gasteiger partial charge is 1.00 e. The van der Waals surface area contributed by atoms with Gasteiger partial charge in [-0.05, 0) is 13.3 Å². The van der Waals surface area contributed by atoms with Crippen LogP contribution in [0.15, 0.2) is 0 Å². The third kappa shape index (κ3) is 19.4. The predicted molar refractivity (Wildman–Crippen MR) is 144 cm³/mol. The summed E-state index contributed by atoms with van der Waals surface area (Å²) in [6, 6.07) is -1.43. The molecule has 0 aliphatic carbocycles. The van der Waals surface area contributed by atoms with Gasteiger partial charge in [0.25, 0.3) is 7.82 Å². The van der Waals surface area contributed by atoms with Crippen LogP contribution in [0, 0.1) is 0 Å². The minimum Gasteiger partial charge on any atom is -0.756 e. The number of carboxylic acid groups (broad SMARTS) is 1. The fraction of sp³-hybridized carbons (Fsp3) is 0.926. The number of unbranched alkanes of at least 4 members (excludes halogenated alkanes) is 13. The van der Waals surface area contributed by atoms with E-state index in [9.17, 15) is 34.4 Å². The van der Waals surface area contributed by atoms with Gasteiger partial charge in [-0.2, -0.15) is 0 Å². The van der Waals surface area contributed by atoms with Crippen LogP contribution in [0.3, 0.4) is 0 Å². The first-order valence-electron chi connectivity index (χ1n) is 14.7. The number of hydrogen-bond donors (Lipinski definition) is 3. The van der Waals surface area contributed by atoms with Gasteiger partial charge in [0.15, 0.2) is 6.29 Å². The number of aliphatic carboxylic acids is 1. The van der Waals surface area contributed by atoms with Crippen LogP contribution in [0.2, 0.25) is 0 Å². The quantitative estimate of drug-likeness (QED) is 0.0562. The first-order chi connectivity index (χ1) is 19.0. The van der Waals surface area contributed by atoms with Crippen LogP contribution >= 0.6 is 7.82 Å². The van der Waals surface area contributed by atoms with Crippen molar-refractivity contribution in [3.63, 3.8) is 0 Å². The zero-order chi connectivity index (χ0) is 30.0. The molecule has 1 saturated heterocycles. The number of carboxylic acids is 1. The molecule has 2 unspecified atom stereocenters. The zero-order valence-corrected chi connectivity index (χ0v) is 31.2. The van der Waals surface area contributed by atoms with Crippen molar-refractivity contribution in [2.75, 3.05) is 13.2 Å². The second kappa shape index (κ2) is 26.0. The SMILES string of the molecule is CCCCCCCCCCCCCCCCOP(=O)([O-])O[C@H]1O[C@H](CO)[C@@H](O)[C@H](OC(C)C(=O)[O-])[C@H]1NC(C)=O.[Na+].[Na+]. The Hall–Kier alpha value is 0.890. The van der Waals surface area contributed by atoms with Gasteiger partial charge in [-0.3, -0.25) is 13.9 Å². The molecule has 1 aliphatic heterocycles. The molecule has 1 amide bonds. The van der Waals surface area contributed by atoms with E-state index in [-0.39, 0.29) is 65.7 Å². The standard InChI is InChI=1S/C27H52NO11P.2Na/c1-4-5-6-7-8-9-10-11-12-13-14-15-16-17-18-36-40(34,35)39-27-23(28-21(3)30)25(37-20(2)26(32)33)24(31)22(19-29)38-27;;/h20,22-25,27,29,31H,4-19H2,1-3H3,(H,28,30)(H,32,33)(H,34,35);;/q;2*+1/p-2/t20?,22-,23-,24-,25-,27-;;/m1../s1. The van der Waals surface area contributed by atoms with E-state index in [2.05, 4.69) is 12.2 Å². The van der Waals surface area contributed by atoms with Crippen molar-refractivity contribution >= 4 is 19.7 Å². The summed E-state index contributed by atoms with van der Waals surface area (Å²) in [7, 11) is -4.94. The maximum atomic E-state index is 12.5. The molecule has 42 heavy (non-hydrogen) atoms. The van der Waals surface area contributed by atoms with Crippen molar-refractivity contribution in [2.45, 2.75) is 147 Å². The van der Waals surface area contributed by atoms with Crippen molar-refractivity contribution in [3.05, 3.63) is 0 Å². The maximum absolute atomic E-state index is 12.5. The summed E-state index contributed by atoms with van der Waals surface area (Å²) in [6.07, 6.45) is 8.42. The van der Waals surface area contributed by atoms with E-state index < -0.39 is 63.1 Å². The third-order valence-electron chi connectivity index (χ3n) is 6.90. The minimum absolute atomic E-state index is 0. The Morgan fingerprint density at radius 2 is 1.43 bits per heavy atom. The van der Waals surface area contributed by atoms with Crippen molar-refractivity contribution in [3.8, 4) is 0 Å². The fourth-order valence-corrected chi connectivity index (χ4v) is 5.48. The number of phosphoric acid groups is 1. The number of carbonyl (C=O) groups is 2. The summed E-state index contributed by atoms with van der Waals surface area (Å²) in [5.74, 6) is -2.24. The Kier molecular flexibility index (Phi) is 27.9. The normalized spacial score (nSPS) is 24.1. The number of aliphatic hydroxyl groups excluding tert-OH is 2. The molecular formula is C27H50NNa2O11P. The molecule has 0 aromatic rings. The van der Waals surface area contributed by atoms with Gasteiger partial charge in [0, 0.05) is 6.92 Å². The summed E-state index contributed by atoms with van der Waals surface area (Å²) in [5.41, 5.74) is 0. The molecule has 0 radical (unpaired) electrons. The number of rotatable bonds is 23. The van der Waals surface area contributed by atoms with Crippen LogP contribution < -0.4 is 74.4 Å². The molecule has 1 rings (SSSR count). The zero-order valence-electron chi connectivity index (χ0n) is 26.3. The van der Waals surface area contributed by atoms with Crippen molar-refractivity contribution < 1.29 is 112 Å². The first kappa shape index (κ1) is 45.0. The molecule has 7 atom stereocenters. The monoisotopic (exact) mass is 641 g/mol. The number of nitrogens with one attached hydrogen (secondary N) is 1. The average Bonchev–Trinajstić information content (AvgIpc) is 2.89. The Morgan fingerprint density at radius 1 is 0.952 bits per heavy atom. The van der Waals surface area contributed by atoms with Crippen LogP contribution in [0.4, 0.5) is 0 Å². The minimum atomic E-state index is -4.94. The average molecular weight is 642 g/mol. The molecular weight excluding hydrogens is 591 g/mol. The number of phosphoric ester groups is 1.